The average molecular weight is 341 g/mol. The minimum Gasteiger partial charge on any atom is -0.347 e. The van der Waals surface area contributed by atoms with Crippen LogP contribution in [-0.2, 0) is 0 Å². The summed E-state index contributed by atoms with van der Waals surface area (Å²) in [5, 5.41) is 4.21. The smallest absolute Gasteiger partial charge is 0.263 e. The Bertz CT molecular complexity index is 727. The van der Waals surface area contributed by atoms with E-state index in [0.717, 1.165) is 34.1 Å². The van der Waals surface area contributed by atoms with Crippen LogP contribution in [0, 0.1) is 6.92 Å². The van der Waals surface area contributed by atoms with Gasteiger partial charge in [0.15, 0.2) is 0 Å². The summed E-state index contributed by atoms with van der Waals surface area (Å²) < 4.78 is 0. The van der Waals surface area contributed by atoms with Gasteiger partial charge in [-0.2, -0.15) is 0 Å². The average Bonchev–Trinajstić information content (AvgIpc) is 3.20. The summed E-state index contributed by atoms with van der Waals surface area (Å²) in [4.78, 5) is 20.7. The highest BCUT2D eigenvalue weighted by Gasteiger charge is 2.36. The number of thiazole rings is 1. The minimum atomic E-state index is 0.0459. The van der Waals surface area contributed by atoms with E-state index in [1.54, 1.807) is 0 Å². The molecular weight excluding hydrogens is 318 g/mol. The summed E-state index contributed by atoms with van der Waals surface area (Å²) in [6.07, 6.45) is 4.86. The van der Waals surface area contributed by atoms with Crippen molar-refractivity contribution in [2.75, 3.05) is 13.1 Å². The molecule has 1 amide bonds. The van der Waals surface area contributed by atoms with Crippen LogP contribution < -0.4 is 5.32 Å². The van der Waals surface area contributed by atoms with Crippen LogP contribution >= 0.6 is 11.3 Å². The number of aromatic nitrogens is 1. The fraction of sp³-hybridized carbons (Fsp3) is 0.474. The number of hydrogen-bond donors (Lipinski definition) is 1. The van der Waals surface area contributed by atoms with E-state index in [1.165, 1.54) is 37.1 Å². The van der Waals surface area contributed by atoms with Crippen molar-refractivity contribution in [3.8, 4) is 10.6 Å². The molecule has 0 unspecified atom stereocenters. The highest BCUT2D eigenvalue weighted by atomic mass is 32.1. The molecule has 1 aromatic carbocycles. The first-order valence-corrected chi connectivity index (χ1v) is 9.62. The second-order valence-corrected chi connectivity index (χ2v) is 7.77. The van der Waals surface area contributed by atoms with Gasteiger partial charge in [0.1, 0.15) is 9.88 Å². The number of amides is 1. The van der Waals surface area contributed by atoms with Crippen LogP contribution in [0.15, 0.2) is 30.3 Å². The summed E-state index contributed by atoms with van der Waals surface area (Å²) in [6, 6.07) is 10.9. The second kappa shape index (κ2) is 6.65. The first-order valence-electron chi connectivity index (χ1n) is 8.80. The third-order valence-corrected chi connectivity index (χ3v) is 6.40. The molecular formula is C19H23N3OS. The molecule has 0 bridgehead atoms. The number of rotatable bonds is 3. The van der Waals surface area contributed by atoms with Crippen molar-refractivity contribution in [2.45, 2.75) is 44.7 Å². The van der Waals surface area contributed by atoms with Gasteiger partial charge < -0.3 is 5.32 Å². The fourth-order valence-electron chi connectivity index (χ4n) is 3.96. The highest BCUT2D eigenvalue weighted by Crippen LogP contribution is 2.30. The van der Waals surface area contributed by atoms with Gasteiger partial charge in [0.2, 0.25) is 0 Å². The SMILES string of the molecule is Cc1nc(-c2ccccc2)sc1C(=O)N[C@@H]1CCN2CCCC[C@@H]12. The zero-order chi connectivity index (χ0) is 16.5. The Hall–Kier alpha value is -1.72. The third-order valence-electron chi connectivity index (χ3n) is 5.20. The number of carbonyl (C=O) groups is 1. The predicted molar refractivity (Wildman–Crippen MR) is 97.4 cm³/mol. The number of piperidine rings is 1. The normalized spacial score (nSPS) is 23.9. The lowest BCUT2D eigenvalue weighted by Crippen LogP contribution is -2.46. The van der Waals surface area contributed by atoms with Gasteiger partial charge >= 0.3 is 0 Å². The molecule has 1 N–H and O–H groups in total. The molecule has 1 aromatic heterocycles. The van der Waals surface area contributed by atoms with Crippen LogP contribution in [0.25, 0.3) is 10.6 Å². The van der Waals surface area contributed by atoms with Gasteiger partial charge in [0.25, 0.3) is 5.91 Å². The maximum atomic E-state index is 12.8. The molecule has 2 atom stereocenters. The first kappa shape index (κ1) is 15.8. The van der Waals surface area contributed by atoms with E-state index in [1.807, 2.05) is 37.3 Å². The Morgan fingerprint density at radius 2 is 2.04 bits per heavy atom. The number of aryl methyl sites for hydroxylation is 1. The van der Waals surface area contributed by atoms with Gasteiger partial charge in [0.05, 0.1) is 5.69 Å². The molecule has 2 saturated heterocycles. The standard InChI is InChI=1S/C19H23N3OS/c1-13-17(24-19(20-13)14-7-3-2-4-8-14)18(23)21-15-10-12-22-11-6-5-9-16(15)22/h2-4,7-8,15-16H,5-6,9-12H2,1H3,(H,21,23)/t15-,16+/m1/s1. The fourth-order valence-corrected chi connectivity index (χ4v) is 4.94. The van der Waals surface area contributed by atoms with Crippen molar-refractivity contribution < 1.29 is 4.79 Å². The van der Waals surface area contributed by atoms with Crippen LogP contribution in [-0.4, -0.2) is 41.0 Å². The lowest BCUT2D eigenvalue weighted by molar-refractivity contribution is 0.0918. The first-order chi connectivity index (χ1) is 11.7. The predicted octanol–water partition coefficient (Wildman–Crippen LogP) is 3.48. The molecule has 2 fully saturated rings. The monoisotopic (exact) mass is 341 g/mol. The maximum absolute atomic E-state index is 12.8. The number of hydrogen-bond acceptors (Lipinski definition) is 4. The van der Waals surface area contributed by atoms with Crippen molar-refractivity contribution in [3.63, 3.8) is 0 Å². The van der Waals surface area contributed by atoms with Gasteiger partial charge in [0, 0.05) is 24.2 Å². The van der Waals surface area contributed by atoms with E-state index in [0.29, 0.717) is 12.1 Å². The van der Waals surface area contributed by atoms with Crippen LogP contribution in [0.4, 0.5) is 0 Å². The molecule has 0 aliphatic carbocycles. The lowest BCUT2D eigenvalue weighted by atomic mass is 9.99. The molecule has 126 valence electrons. The Morgan fingerprint density at radius 3 is 2.88 bits per heavy atom. The van der Waals surface area contributed by atoms with E-state index in [9.17, 15) is 4.79 Å². The van der Waals surface area contributed by atoms with E-state index >= 15 is 0 Å². The Balaban J connectivity index is 1.50. The van der Waals surface area contributed by atoms with Gasteiger partial charge in [-0.05, 0) is 32.7 Å². The number of fused-ring (bicyclic) bond motifs is 1. The highest BCUT2D eigenvalue weighted by molar-refractivity contribution is 7.17. The topological polar surface area (TPSA) is 45.2 Å². The summed E-state index contributed by atoms with van der Waals surface area (Å²) >= 11 is 1.50. The van der Waals surface area contributed by atoms with Gasteiger partial charge in [-0.1, -0.05) is 36.8 Å². The summed E-state index contributed by atoms with van der Waals surface area (Å²) in [7, 11) is 0. The number of carbonyl (C=O) groups excluding carboxylic acids is 1. The summed E-state index contributed by atoms with van der Waals surface area (Å²) in [5.41, 5.74) is 1.90. The summed E-state index contributed by atoms with van der Waals surface area (Å²) in [6.45, 7) is 4.24. The molecule has 0 radical (unpaired) electrons. The Labute approximate surface area is 146 Å². The summed E-state index contributed by atoms with van der Waals surface area (Å²) in [5.74, 6) is 0.0459. The van der Waals surface area contributed by atoms with E-state index < -0.39 is 0 Å². The Kier molecular flexibility index (Phi) is 4.37. The lowest BCUT2D eigenvalue weighted by Gasteiger charge is -2.32. The largest absolute Gasteiger partial charge is 0.347 e. The molecule has 5 heteroatoms. The molecule has 24 heavy (non-hydrogen) atoms. The molecule has 4 rings (SSSR count). The van der Waals surface area contributed by atoms with E-state index in [4.69, 9.17) is 0 Å². The molecule has 4 nitrogen and oxygen atoms in total. The van der Waals surface area contributed by atoms with Gasteiger partial charge in [-0.25, -0.2) is 4.98 Å². The second-order valence-electron chi connectivity index (χ2n) is 6.77. The van der Waals surface area contributed by atoms with E-state index in [-0.39, 0.29) is 5.91 Å². The molecule has 2 aliphatic heterocycles. The minimum absolute atomic E-state index is 0.0459. The van der Waals surface area contributed by atoms with Crippen molar-refractivity contribution in [1.29, 1.82) is 0 Å². The molecule has 0 spiro atoms. The van der Waals surface area contributed by atoms with Crippen LogP contribution in [0.5, 0.6) is 0 Å². The van der Waals surface area contributed by atoms with Crippen LogP contribution in [0.3, 0.4) is 0 Å². The van der Waals surface area contributed by atoms with Crippen molar-refractivity contribution in [2.24, 2.45) is 0 Å². The molecule has 0 saturated carbocycles. The van der Waals surface area contributed by atoms with Crippen molar-refractivity contribution >= 4 is 17.2 Å². The molecule has 2 aliphatic rings. The third kappa shape index (κ3) is 2.98. The van der Waals surface area contributed by atoms with Crippen LogP contribution in [0.1, 0.15) is 41.0 Å². The molecule has 3 heterocycles. The van der Waals surface area contributed by atoms with E-state index in [2.05, 4.69) is 15.2 Å². The zero-order valence-corrected chi connectivity index (χ0v) is 14.8. The van der Waals surface area contributed by atoms with Gasteiger partial charge in [-0.3, -0.25) is 9.69 Å². The van der Waals surface area contributed by atoms with Crippen molar-refractivity contribution in [3.05, 3.63) is 40.9 Å². The number of nitrogens with zero attached hydrogens (tertiary/aromatic N) is 2. The van der Waals surface area contributed by atoms with Gasteiger partial charge in [-0.15, -0.1) is 11.3 Å². The number of nitrogens with one attached hydrogen (secondary N) is 1. The maximum Gasteiger partial charge on any atom is 0.263 e. The van der Waals surface area contributed by atoms with Crippen LogP contribution in [0.2, 0.25) is 0 Å². The molecule has 2 aromatic rings. The quantitative estimate of drug-likeness (QED) is 0.930. The van der Waals surface area contributed by atoms with Crippen molar-refractivity contribution in [1.82, 2.24) is 15.2 Å². The number of benzene rings is 1. The Morgan fingerprint density at radius 1 is 1.21 bits per heavy atom. The zero-order valence-electron chi connectivity index (χ0n) is 14.0.